The van der Waals surface area contributed by atoms with E-state index in [1.165, 1.54) is 5.56 Å². The first kappa shape index (κ1) is 18.9. The zero-order valence-electron chi connectivity index (χ0n) is 15.1. The fourth-order valence-corrected chi connectivity index (χ4v) is 4.37. The van der Waals surface area contributed by atoms with Gasteiger partial charge < -0.3 is 4.74 Å². The van der Waals surface area contributed by atoms with Crippen molar-refractivity contribution in [3.8, 4) is 5.75 Å². The van der Waals surface area contributed by atoms with E-state index in [4.69, 9.17) is 4.74 Å². The summed E-state index contributed by atoms with van der Waals surface area (Å²) in [5.74, 6) is 1.03. The first-order valence-corrected chi connectivity index (χ1v) is 10.4. The Balaban J connectivity index is 1.47. The van der Waals surface area contributed by atoms with Gasteiger partial charge in [-0.2, -0.15) is 0 Å². The van der Waals surface area contributed by atoms with Crippen molar-refractivity contribution in [1.29, 1.82) is 0 Å². The van der Waals surface area contributed by atoms with Crippen molar-refractivity contribution in [3.05, 3.63) is 60.2 Å². The van der Waals surface area contributed by atoms with Gasteiger partial charge in [0.05, 0.1) is 12.0 Å². The molecule has 1 fully saturated rings. The van der Waals surface area contributed by atoms with Gasteiger partial charge in [0.25, 0.3) is 0 Å². The number of ether oxygens (including phenoxy) is 1. The van der Waals surface area contributed by atoms with E-state index in [9.17, 15) is 8.42 Å². The summed E-state index contributed by atoms with van der Waals surface area (Å²) in [4.78, 5) is 2.71. The van der Waals surface area contributed by atoms with E-state index in [1.54, 1.807) is 31.4 Å². The van der Waals surface area contributed by atoms with Crippen molar-refractivity contribution in [2.24, 2.45) is 5.92 Å². The molecule has 0 unspecified atom stereocenters. The number of nitrogens with one attached hydrogen (secondary N) is 1. The van der Waals surface area contributed by atoms with Crippen LogP contribution in [0.25, 0.3) is 0 Å². The third-order valence-corrected chi connectivity index (χ3v) is 6.33. The highest BCUT2D eigenvalue weighted by Gasteiger charge is 2.22. The maximum absolute atomic E-state index is 12.4. The number of methoxy groups -OCH3 is 1. The lowest BCUT2D eigenvalue weighted by atomic mass is 9.97. The zero-order chi connectivity index (χ0) is 18.4. The average Bonchev–Trinajstić information content (AvgIpc) is 2.68. The Hall–Kier alpha value is -1.89. The lowest BCUT2D eigenvalue weighted by Crippen LogP contribution is -2.38. The second-order valence-corrected chi connectivity index (χ2v) is 8.50. The van der Waals surface area contributed by atoms with Gasteiger partial charge in [0.1, 0.15) is 5.75 Å². The number of sulfonamides is 1. The fourth-order valence-electron chi connectivity index (χ4n) is 3.26. The van der Waals surface area contributed by atoms with E-state index in [1.807, 2.05) is 6.07 Å². The smallest absolute Gasteiger partial charge is 0.240 e. The van der Waals surface area contributed by atoms with Crippen molar-refractivity contribution in [3.63, 3.8) is 0 Å². The molecule has 1 saturated heterocycles. The molecule has 1 aliphatic heterocycles. The van der Waals surface area contributed by atoms with E-state index >= 15 is 0 Å². The molecule has 0 saturated carbocycles. The van der Waals surface area contributed by atoms with Crippen LogP contribution in [0.4, 0.5) is 0 Å². The topological polar surface area (TPSA) is 58.6 Å². The first-order valence-electron chi connectivity index (χ1n) is 8.97. The molecule has 26 heavy (non-hydrogen) atoms. The van der Waals surface area contributed by atoms with Crippen LogP contribution in [0.15, 0.2) is 59.5 Å². The Kier molecular flexibility index (Phi) is 6.29. The molecule has 0 radical (unpaired) electrons. The second-order valence-electron chi connectivity index (χ2n) is 6.73. The van der Waals surface area contributed by atoms with Gasteiger partial charge in [0, 0.05) is 13.1 Å². The number of rotatable bonds is 7. The fraction of sp³-hybridized carbons (Fsp3) is 0.400. The summed E-state index contributed by atoms with van der Waals surface area (Å²) >= 11 is 0. The van der Waals surface area contributed by atoms with Gasteiger partial charge in [-0.15, -0.1) is 0 Å². The molecule has 1 aliphatic rings. The van der Waals surface area contributed by atoms with E-state index in [0.29, 0.717) is 18.2 Å². The van der Waals surface area contributed by atoms with Crippen LogP contribution in [0.1, 0.15) is 18.4 Å². The number of nitrogens with zero attached hydrogens (tertiary/aromatic N) is 1. The molecule has 2 aromatic carbocycles. The van der Waals surface area contributed by atoms with Crippen molar-refractivity contribution >= 4 is 10.0 Å². The van der Waals surface area contributed by atoms with E-state index in [0.717, 1.165) is 32.5 Å². The normalized spacial score (nSPS) is 16.5. The maximum Gasteiger partial charge on any atom is 0.240 e. The van der Waals surface area contributed by atoms with Crippen LogP contribution in [0.5, 0.6) is 5.75 Å². The lowest BCUT2D eigenvalue weighted by Gasteiger charge is -2.32. The molecule has 6 heteroatoms. The zero-order valence-corrected chi connectivity index (χ0v) is 15.9. The molecule has 0 amide bonds. The van der Waals surface area contributed by atoms with Gasteiger partial charge in [-0.1, -0.05) is 30.3 Å². The van der Waals surface area contributed by atoms with Crippen molar-refractivity contribution in [2.45, 2.75) is 24.3 Å². The van der Waals surface area contributed by atoms with Crippen LogP contribution in [0.3, 0.4) is 0 Å². The van der Waals surface area contributed by atoms with Gasteiger partial charge >= 0.3 is 0 Å². The van der Waals surface area contributed by atoms with Gasteiger partial charge in [-0.05, 0) is 61.7 Å². The quantitative estimate of drug-likeness (QED) is 0.810. The third kappa shape index (κ3) is 5.06. The molecule has 0 bridgehead atoms. The molecule has 1 heterocycles. The van der Waals surface area contributed by atoms with Crippen LogP contribution in [0.2, 0.25) is 0 Å². The number of likely N-dealkylation sites (tertiary alicyclic amines) is 1. The van der Waals surface area contributed by atoms with Crippen LogP contribution in [-0.2, 0) is 16.6 Å². The molecule has 0 aliphatic carbocycles. The molecule has 5 nitrogen and oxygen atoms in total. The molecule has 0 atom stereocenters. The molecule has 0 aromatic heterocycles. The van der Waals surface area contributed by atoms with Crippen molar-refractivity contribution in [2.75, 3.05) is 26.7 Å². The molecule has 1 N–H and O–H groups in total. The summed E-state index contributed by atoms with van der Waals surface area (Å²) in [5, 5.41) is 0. The number of benzene rings is 2. The average molecular weight is 375 g/mol. The first-order chi connectivity index (χ1) is 12.6. The largest absolute Gasteiger partial charge is 0.497 e. The number of hydrogen-bond acceptors (Lipinski definition) is 4. The minimum atomic E-state index is -3.47. The third-order valence-electron chi connectivity index (χ3n) is 4.89. The standard InChI is InChI=1S/C20H26N2O3S/c1-25-19-7-9-20(10-8-19)26(23,24)21-15-17-11-13-22(14-12-17)16-18-5-3-2-4-6-18/h2-10,17,21H,11-16H2,1H3. The Morgan fingerprint density at radius 1 is 1.04 bits per heavy atom. The Labute approximate surface area is 156 Å². The highest BCUT2D eigenvalue weighted by molar-refractivity contribution is 7.89. The van der Waals surface area contributed by atoms with Crippen molar-refractivity contribution in [1.82, 2.24) is 9.62 Å². The molecule has 140 valence electrons. The molecule has 3 rings (SSSR count). The Morgan fingerprint density at radius 3 is 2.31 bits per heavy atom. The number of piperidine rings is 1. The number of hydrogen-bond donors (Lipinski definition) is 1. The van der Waals surface area contributed by atoms with Crippen LogP contribution in [-0.4, -0.2) is 40.1 Å². The predicted octanol–water partition coefficient (Wildman–Crippen LogP) is 2.89. The Morgan fingerprint density at radius 2 is 1.69 bits per heavy atom. The summed E-state index contributed by atoms with van der Waals surface area (Å²) in [6, 6.07) is 16.9. The lowest BCUT2D eigenvalue weighted by molar-refractivity contribution is 0.178. The summed E-state index contributed by atoms with van der Waals surface area (Å²) < 4.78 is 32.7. The van der Waals surface area contributed by atoms with Gasteiger partial charge in [-0.25, -0.2) is 13.1 Å². The molecular formula is C20H26N2O3S. The second kappa shape index (κ2) is 8.66. The van der Waals surface area contributed by atoms with E-state index < -0.39 is 10.0 Å². The maximum atomic E-state index is 12.4. The van der Waals surface area contributed by atoms with Crippen LogP contribution < -0.4 is 9.46 Å². The molecule has 2 aromatic rings. The summed E-state index contributed by atoms with van der Waals surface area (Å²) in [7, 11) is -1.90. The van der Waals surface area contributed by atoms with Crippen molar-refractivity contribution < 1.29 is 13.2 Å². The van der Waals surface area contributed by atoms with E-state index in [-0.39, 0.29) is 4.90 Å². The summed E-state index contributed by atoms with van der Waals surface area (Å²) in [6.45, 7) is 3.46. The van der Waals surface area contributed by atoms with Crippen LogP contribution >= 0.6 is 0 Å². The molecule has 0 spiro atoms. The summed E-state index contributed by atoms with van der Waals surface area (Å²) in [6.07, 6.45) is 2.02. The van der Waals surface area contributed by atoms with Gasteiger partial charge in [0.2, 0.25) is 10.0 Å². The summed E-state index contributed by atoms with van der Waals surface area (Å²) in [5.41, 5.74) is 1.33. The van der Waals surface area contributed by atoms with Gasteiger partial charge in [-0.3, -0.25) is 4.90 Å². The monoisotopic (exact) mass is 374 g/mol. The predicted molar refractivity (Wildman–Crippen MR) is 103 cm³/mol. The minimum Gasteiger partial charge on any atom is -0.497 e. The van der Waals surface area contributed by atoms with E-state index in [2.05, 4.69) is 33.9 Å². The highest BCUT2D eigenvalue weighted by atomic mass is 32.2. The highest BCUT2D eigenvalue weighted by Crippen LogP contribution is 2.20. The SMILES string of the molecule is COc1ccc(S(=O)(=O)NCC2CCN(Cc3ccccc3)CC2)cc1. The van der Waals surface area contributed by atoms with Gasteiger partial charge in [0.15, 0.2) is 0 Å². The Bertz CT molecular complexity index is 784. The van der Waals surface area contributed by atoms with Crippen LogP contribution in [0, 0.1) is 5.92 Å². The molecular weight excluding hydrogens is 348 g/mol. The minimum absolute atomic E-state index is 0.278.